The first-order chi connectivity index (χ1) is 15.0. The van der Waals surface area contributed by atoms with E-state index < -0.39 is 0 Å². The van der Waals surface area contributed by atoms with Gasteiger partial charge < -0.3 is 5.32 Å². The molecule has 0 bridgehead atoms. The molecule has 162 valence electrons. The lowest BCUT2D eigenvalue weighted by Crippen LogP contribution is -2.39. The van der Waals surface area contributed by atoms with Crippen LogP contribution in [0.15, 0.2) is 48.5 Å². The Morgan fingerprint density at radius 1 is 1.16 bits per heavy atom. The van der Waals surface area contributed by atoms with Crippen LogP contribution in [0.3, 0.4) is 0 Å². The van der Waals surface area contributed by atoms with E-state index in [2.05, 4.69) is 27.6 Å². The highest BCUT2D eigenvalue weighted by molar-refractivity contribution is 7.71. The van der Waals surface area contributed by atoms with Crippen molar-refractivity contribution in [3.63, 3.8) is 0 Å². The molecule has 3 aromatic rings. The molecule has 1 aromatic heterocycles. The van der Waals surface area contributed by atoms with Crippen LogP contribution < -0.4 is 5.32 Å². The highest BCUT2D eigenvalue weighted by atomic mass is 35.5. The second-order valence-corrected chi connectivity index (χ2v) is 9.21. The van der Waals surface area contributed by atoms with Crippen molar-refractivity contribution in [3.8, 4) is 11.4 Å². The number of carbonyl (C=O) groups is 1. The Morgan fingerprint density at radius 2 is 1.84 bits per heavy atom. The van der Waals surface area contributed by atoms with Crippen LogP contribution in [0.1, 0.15) is 43.2 Å². The summed E-state index contributed by atoms with van der Waals surface area (Å²) in [5, 5.41) is 11.1. The maximum Gasteiger partial charge on any atom is 0.221 e. The van der Waals surface area contributed by atoms with Gasteiger partial charge in [-0.3, -0.25) is 14.5 Å². The summed E-state index contributed by atoms with van der Waals surface area (Å²) >= 11 is 11.5. The largest absolute Gasteiger partial charge is 0.355 e. The first kappa shape index (κ1) is 21.8. The van der Waals surface area contributed by atoms with Crippen LogP contribution in [0.5, 0.6) is 0 Å². The topological polar surface area (TPSA) is 62.7 Å². The van der Waals surface area contributed by atoms with Crippen molar-refractivity contribution in [2.75, 3.05) is 6.54 Å². The number of hydrogen-bond donors (Lipinski definition) is 2. The molecule has 1 fully saturated rings. The van der Waals surface area contributed by atoms with Crippen LogP contribution in [0.2, 0.25) is 5.02 Å². The Morgan fingerprint density at radius 3 is 2.52 bits per heavy atom. The zero-order valence-corrected chi connectivity index (χ0v) is 19.2. The first-order valence-electron chi connectivity index (χ1n) is 10.7. The SMILES string of the molecule is Cc1ccc(-c2n[nH]c(=S)n2CCC(=O)NCC2(c3ccc(Cl)cc3)CCCC2)cc1. The van der Waals surface area contributed by atoms with Gasteiger partial charge in [0, 0.05) is 35.5 Å². The number of aromatic nitrogens is 3. The van der Waals surface area contributed by atoms with Crippen LogP contribution in [-0.4, -0.2) is 27.2 Å². The Balaban J connectivity index is 1.41. The molecule has 2 aromatic carbocycles. The number of hydrogen-bond acceptors (Lipinski definition) is 3. The molecular weight excluding hydrogens is 428 g/mol. The maximum absolute atomic E-state index is 12.7. The standard InChI is InChI=1S/C24H27ClN4OS/c1-17-4-6-18(7-5-17)22-27-28-23(31)29(22)15-12-21(30)26-16-24(13-2-3-14-24)19-8-10-20(25)11-9-19/h4-11H,2-3,12-16H2,1H3,(H,26,30)(H,28,31). The second-order valence-electron chi connectivity index (χ2n) is 8.39. The van der Waals surface area contributed by atoms with E-state index >= 15 is 0 Å². The first-order valence-corrected chi connectivity index (χ1v) is 11.5. The van der Waals surface area contributed by atoms with E-state index in [1.807, 2.05) is 47.9 Å². The second kappa shape index (κ2) is 9.37. The Hall–Kier alpha value is -2.44. The molecule has 0 saturated heterocycles. The zero-order valence-electron chi connectivity index (χ0n) is 17.7. The number of aryl methyl sites for hydroxylation is 1. The van der Waals surface area contributed by atoms with E-state index in [1.54, 1.807) is 0 Å². The molecule has 1 amide bonds. The molecule has 5 nitrogen and oxygen atoms in total. The molecule has 1 saturated carbocycles. The quantitative estimate of drug-likeness (QED) is 0.457. The number of nitrogens with zero attached hydrogens (tertiary/aromatic N) is 2. The summed E-state index contributed by atoms with van der Waals surface area (Å²) in [5.74, 6) is 0.782. The van der Waals surface area contributed by atoms with E-state index in [-0.39, 0.29) is 11.3 Å². The van der Waals surface area contributed by atoms with Crippen LogP contribution in [0, 0.1) is 11.7 Å². The number of benzene rings is 2. The van der Waals surface area contributed by atoms with Gasteiger partial charge in [-0.1, -0.05) is 66.4 Å². The predicted molar refractivity (Wildman–Crippen MR) is 127 cm³/mol. The average Bonchev–Trinajstić information content (AvgIpc) is 3.39. The van der Waals surface area contributed by atoms with Crippen molar-refractivity contribution in [1.29, 1.82) is 0 Å². The van der Waals surface area contributed by atoms with E-state index in [0.29, 0.717) is 24.3 Å². The summed E-state index contributed by atoms with van der Waals surface area (Å²) in [6, 6.07) is 16.2. The minimum absolute atomic E-state index is 0.000727. The van der Waals surface area contributed by atoms with Gasteiger partial charge >= 0.3 is 0 Å². The van der Waals surface area contributed by atoms with Gasteiger partial charge in [0.15, 0.2) is 10.6 Å². The van der Waals surface area contributed by atoms with E-state index in [0.717, 1.165) is 29.3 Å². The van der Waals surface area contributed by atoms with Crippen LogP contribution in [0.25, 0.3) is 11.4 Å². The van der Waals surface area contributed by atoms with Gasteiger partial charge in [0.1, 0.15) is 0 Å². The van der Waals surface area contributed by atoms with Gasteiger partial charge in [0.25, 0.3) is 0 Å². The lowest BCUT2D eigenvalue weighted by atomic mass is 9.79. The monoisotopic (exact) mass is 454 g/mol. The summed E-state index contributed by atoms with van der Waals surface area (Å²) in [6.07, 6.45) is 4.88. The molecule has 0 unspecified atom stereocenters. The van der Waals surface area contributed by atoms with Crippen LogP contribution in [-0.2, 0) is 16.8 Å². The molecule has 7 heteroatoms. The molecule has 1 heterocycles. The summed E-state index contributed by atoms with van der Waals surface area (Å²) < 4.78 is 2.42. The van der Waals surface area contributed by atoms with Crippen molar-refractivity contribution >= 4 is 29.7 Å². The van der Waals surface area contributed by atoms with Gasteiger partial charge in [0.2, 0.25) is 5.91 Å². The number of halogens is 1. The molecule has 0 aliphatic heterocycles. The van der Waals surface area contributed by atoms with Crippen molar-refractivity contribution < 1.29 is 4.79 Å². The molecule has 1 aliphatic carbocycles. The van der Waals surface area contributed by atoms with Gasteiger partial charge in [-0.2, -0.15) is 5.10 Å². The van der Waals surface area contributed by atoms with Crippen molar-refractivity contribution in [2.24, 2.45) is 0 Å². The lowest BCUT2D eigenvalue weighted by molar-refractivity contribution is -0.121. The molecule has 0 spiro atoms. The lowest BCUT2D eigenvalue weighted by Gasteiger charge is -2.30. The van der Waals surface area contributed by atoms with Crippen LogP contribution >= 0.6 is 23.8 Å². The third-order valence-corrected chi connectivity index (χ3v) is 6.84. The number of aromatic amines is 1. The van der Waals surface area contributed by atoms with Gasteiger partial charge in [-0.25, -0.2) is 0 Å². The number of H-pyrrole nitrogens is 1. The minimum Gasteiger partial charge on any atom is -0.355 e. The minimum atomic E-state index is -0.000727. The van der Waals surface area contributed by atoms with Gasteiger partial charge in [-0.05, 0) is 49.7 Å². The highest BCUT2D eigenvalue weighted by Crippen LogP contribution is 2.41. The van der Waals surface area contributed by atoms with E-state index in [4.69, 9.17) is 23.8 Å². The molecule has 1 aliphatic rings. The zero-order chi connectivity index (χ0) is 21.8. The summed E-state index contributed by atoms with van der Waals surface area (Å²) in [4.78, 5) is 12.7. The Labute approximate surface area is 192 Å². The van der Waals surface area contributed by atoms with Gasteiger partial charge in [0.05, 0.1) is 0 Å². The number of nitrogens with one attached hydrogen (secondary N) is 2. The molecule has 0 atom stereocenters. The predicted octanol–water partition coefficient (Wildman–Crippen LogP) is 5.59. The fraction of sp³-hybridized carbons (Fsp3) is 0.375. The summed E-state index contributed by atoms with van der Waals surface area (Å²) in [5.41, 5.74) is 3.42. The van der Waals surface area contributed by atoms with Gasteiger partial charge in [-0.15, -0.1) is 0 Å². The normalized spacial score (nSPS) is 15.2. The summed E-state index contributed by atoms with van der Waals surface area (Å²) in [7, 11) is 0. The smallest absolute Gasteiger partial charge is 0.221 e. The number of amides is 1. The van der Waals surface area contributed by atoms with Crippen molar-refractivity contribution in [3.05, 3.63) is 69.5 Å². The van der Waals surface area contributed by atoms with Crippen LogP contribution in [0.4, 0.5) is 0 Å². The number of carbonyl (C=O) groups excluding carboxylic acids is 1. The Bertz CT molecular complexity index is 1100. The van der Waals surface area contributed by atoms with E-state index in [9.17, 15) is 4.79 Å². The molecule has 4 rings (SSSR count). The average molecular weight is 455 g/mol. The molecule has 0 radical (unpaired) electrons. The third kappa shape index (κ3) is 4.91. The van der Waals surface area contributed by atoms with Crippen molar-refractivity contribution in [1.82, 2.24) is 20.1 Å². The molecular formula is C24H27ClN4OS. The maximum atomic E-state index is 12.7. The third-order valence-electron chi connectivity index (χ3n) is 6.27. The van der Waals surface area contributed by atoms with E-state index in [1.165, 1.54) is 24.0 Å². The summed E-state index contributed by atoms with van der Waals surface area (Å²) in [6.45, 7) is 3.18. The fourth-order valence-corrected chi connectivity index (χ4v) is 4.79. The van der Waals surface area contributed by atoms with Crippen molar-refractivity contribution in [2.45, 2.75) is 51.0 Å². The Kier molecular flexibility index (Phi) is 6.58. The molecule has 2 N–H and O–H groups in total. The fourth-order valence-electron chi connectivity index (χ4n) is 4.44. The number of rotatable bonds is 7. The highest BCUT2D eigenvalue weighted by Gasteiger charge is 2.35. The molecule has 31 heavy (non-hydrogen) atoms.